The number of carbonyl (C=O) groups is 3. The molecule has 0 aromatic heterocycles. The van der Waals surface area contributed by atoms with Crippen molar-refractivity contribution < 1.29 is 28.6 Å². The van der Waals surface area contributed by atoms with Crippen LogP contribution in [0.25, 0.3) is 0 Å². The van der Waals surface area contributed by atoms with Gasteiger partial charge in [0.15, 0.2) is 0 Å². The third kappa shape index (κ3) is 7.58. The zero-order valence-electron chi connectivity index (χ0n) is 22.7. The quantitative estimate of drug-likeness (QED) is 0.620. The maximum absolute atomic E-state index is 13.6. The highest BCUT2D eigenvalue weighted by molar-refractivity contribution is 5.98. The lowest BCUT2D eigenvalue weighted by Crippen LogP contribution is -2.50. The second-order valence-electron chi connectivity index (χ2n) is 10.1. The Morgan fingerprint density at radius 3 is 2.57 bits per heavy atom. The number of hydrogen-bond donors (Lipinski definition) is 2. The van der Waals surface area contributed by atoms with Gasteiger partial charge in [-0.15, -0.1) is 0 Å². The van der Waals surface area contributed by atoms with Crippen molar-refractivity contribution >= 4 is 23.5 Å². The Hall–Kier alpha value is -2.85. The molecule has 4 amide bonds. The third-order valence-corrected chi connectivity index (χ3v) is 7.09. The van der Waals surface area contributed by atoms with Gasteiger partial charge in [0.2, 0.25) is 5.91 Å². The van der Waals surface area contributed by atoms with Gasteiger partial charge in [-0.3, -0.25) is 9.59 Å². The van der Waals surface area contributed by atoms with E-state index < -0.39 is 0 Å². The summed E-state index contributed by atoms with van der Waals surface area (Å²) in [5.41, 5.74) is 0.903. The fourth-order valence-corrected chi connectivity index (χ4v) is 4.75. The summed E-state index contributed by atoms with van der Waals surface area (Å²) in [5, 5.41) is 5.56. The highest BCUT2D eigenvalue weighted by atomic mass is 16.5. The normalized spacial score (nSPS) is 23.8. The number of rotatable bonds is 5. The van der Waals surface area contributed by atoms with E-state index in [0.29, 0.717) is 62.7 Å². The maximum atomic E-state index is 13.6. The highest BCUT2D eigenvalue weighted by Gasteiger charge is 2.33. The van der Waals surface area contributed by atoms with Crippen LogP contribution in [0, 0.1) is 11.8 Å². The number of benzene rings is 1. The second-order valence-corrected chi connectivity index (χ2v) is 10.1. The molecule has 37 heavy (non-hydrogen) atoms. The Balaban J connectivity index is 1.90. The van der Waals surface area contributed by atoms with Gasteiger partial charge in [0, 0.05) is 70.6 Å². The Labute approximate surface area is 220 Å². The SMILES string of the molecule is CCCNC(=O)Nc1ccc2c(c1)OC[C@@H](C)N(C(=O)C1CCOCC1)C[C@H](C)[C@H](OC)CN(C)C2=O. The van der Waals surface area contributed by atoms with Crippen LogP contribution >= 0.6 is 0 Å². The van der Waals surface area contributed by atoms with Gasteiger partial charge in [-0.05, 0) is 38.3 Å². The molecule has 10 heteroatoms. The van der Waals surface area contributed by atoms with Crippen LogP contribution in [0.5, 0.6) is 5.75 Å². The first-order valence-electron chi connectivity index (χ1n) is 13.2. The molecule has 0 unspecified atom stereocenters. The molecule has 2 aliphatic heterocycles. The van der Waals surface area contributed by atoms with Crippen LogP contribution in [0.4, 0.5) is 10.5 Å². The van der Waals surface area contributed by atoms with E-state index in [1.807, 2.05) is 25.7 Å². The van der Waals surface area contributed by atoms with Crippen LogP contribution in [0.3, 0.4) is 0 Å². The Morgan fingerprint density at radius 2 is 1.89 bits per heavy atom. The van der Waals surface area contributed by atoms with Crippen LogP contribution in [0.15, 0.2) is 18.2 Å². The lowest BCUT2D eigenvalue weighted by atomic mass is 9.95. The van der Waals surface area contributed by atoms with Gasteiger partial charge < -0.3 is 34.6 Å². The average molecular weight is 519 g/mol. The zero-order valence-corrected chi connectivity index (χ0v) is 22.7. The summed E-state index contributed by atoms with van der Waals surface area (Å²) in [6.07, 6.45) is 1.99. The predicted octanol–water partition coefficient (Wildman–Crippen LogP) is 2.98. The largest absolute Gasteiger partial charge is 0.491 e. The number of hydrogen-bond acceptors (Lipinski definition) is 6. The van der Waals surface area contributed by atoms with E-state index in [4.69, 9.17) is 14.2 Å². The molecule has 2 N–H and O–H groups in total. The Bertz CT molecular complexity index is 935. The third-order valence-electron chi connectivity index (χ3n) is 7.09. The fraction of sp³-hybridized carbons (Fsp3) is 0.667. The van der Waals surface area contributed by atoms with E-state index >= 15 is 0 Å². The van der Waals surface area contributed by atoms with E-state index in [9.17, 15) is 14.4 Å². The van der Waals surface area contributed by atoms with Crippen LogP contribution in [0.1, 0.15) is 50.4 Å². The molecular formula is C27H42N4O6. The van der Waals surface area contributed by atoms with Crippen molar-refractivity contribution in [1.82, 2.24) is 15.1 Å². The minimum Gasteiger partial charge on any atom is -0.491 e. The second kappa shape index (κ2) is 13.6. The maximum Gasteiger partial charge on any atom is 0.319 e. The van der Waals surface area contributed by atoms with Gasteiger partial charge in [0.25, 0.3) is 5.91 Å². The summed E-state index contributed by atoms with van der Waals surface area (Å²) in [4.78, 5) is 42.7. The van der Waals surface area contributed by atoms with Crippen molar-refractivity contribution in [2.24, 2.45) is 11.8 Å². The standard InChI is InChI=1S/C27H42N4O6/c1-6-11-28-27(34)29-21-7-8-22-23(14-21)37-17-19(3)31(25(32)20-9-12-36-13-10-20)15-18(2)24(35-5)16-30(4)26(22)33/h7-8,14,18-20,24H,6,9-13,15-17H2,1-5H3,(H2,28,29,34)/t18-,19+,24+/m0/s1. The molecule has 0 saturated carbocycles. The van der Waals surface area contributed by atoms with Crippen molar-refractivity contribution in [3.05, 3.63) is 23.8 Å². The molecule has 206 valence electrons. The van der Waals surface area contributed by atoms with E-state index in [0.717, 1.165) is 6.42 Å². The molecule has 3 rings (SSSR count). The van der Waals surface area contributed by atoms with Crippen molar-refractivity contribution in [1.29, 1.82) is 0 Å². The number of nitrogens with one attached hydrogen (secondary N) is 2. The van der Waals surface area contributed by atoms with Gasteiger partial charge in [-0.25, -0.2) is 4.79 Å². The summed E-state index contributed by atoms with van der Waals surface area (Å²) in [6, 6.07) is 4.45. The van der Waals surface area contributed by atoms with E-state index in [1.165, 1.54) is 0 Å². The summed E-state index contributed by atoms with van der Waals surface area (Å²) in [6.45, 7) is 8.79. The first kappa shape index (κ1) is 28.7. The number of carbonyl (C=O) groups excluding carboxylic acids is 3. The minimum atomic E-state index is -0.322. The van der Waals surface area contributed by atoms with E-state index in [2.05, 4.69) is 10.6 Å². The molecule has 1 aromatic carbocycles. The number of likely N-dealkylation sites (N-methyl/N-ethyl adjacent to an activating group) is 1. The van der Waals surface area contributed by atoms with Crippen molar-refractivity contribution in [3.8, 4) is 5.75 Å². The molecule has 3 atom stereocenters. The first-order valence-corrected chi connectivity index (χ1v) is 13.2. The van der Waals surface area contributed by atoms with Gasteiger partial charge in [0.1, 0.15) is 12.4 Å². The van der Waals surface area contributed by atoms with Crippen LogP contribution in [-0.2, 0) is 14.3 Å². The Morgan fingerprint density at radius 1 is 1.16 bits per heavy atom. The molecule has 2 heterocycles. The van der Waals surface area contributed by atoms with E-state index in [-0.39, 0.29) is 48.4 Å². The Kier molecular flexibility index (Phi) is 10.6. The van der Waals surface area contributed by atoms with Crippen LogP contribution < -0.4 is 15.4 Å². The van der Waals surface area contributed by atoms with Gasteiger partial charge in [0.05, 0.1) is 17.7 Å². The summed E-state index contributed by atoms with van der Waals surface area (Å²) >= 11 is 0. The molecule has 0 radical (unpaired) electrons. The van der Waals surface area contributed by atoms with E-state index in [1.54, 1.807) is 37.3 Å². The van der Waals surface area contributed by atoms with Gasteiger partial charge >= 0.3 is 6.03 Å². The van der Waals surface area contributed by atoms with Crippen LogP contribution in [0.2, 0.25) is 0 Å². The van der Waals surface area contributed by atoms with Gasteiger partial charge in [-0.1, -0.05) is 13.8 Å². The number of anilines is 1. The molecule has 1 saturated heterocycles. The summed E-state index contributed by atoms with van der Waals surface area (Å²) in [7, 11) is 3.37. The number of urea groups is 1. The van der Waals surface area contributed by atoms with Gasteiger partial charge in [-0.2, -0.15) is 0 Å². The number of fused-ring (bicyclic) bond motifs is 1. The molecule has 0 spiro atoms. The zero-order chi connectivity index (χ0) is 26.9. The molecule has 1 fully saturated rings. The smallest absolute Gasteiger partial charge is 0.319 e. The lowest BCUT2D eigenvalue weighted by Gasteiger charge is -2.38. The molecule has 1 aromatic rings. The number of amides is 4. The van der Waals surface area contributed by atoms with Crippen molar-refractivity contribution in [3.63, 3.8) is 0 Å². The molecule has 0 bridgehead atoms. The van der Waals surface area contributed by atoms with Crippen molar-refractivity contribution in [2.45, 2.75) is 52.2 Å². The first-order chi connectivity index (χ1) is 17.7. The number of methoxy groups -OCH3 is 1. The lowest BCUT2D eigenvalue weighted by molar-refractivity contribution is -0.142. The highest BCUT2D eigenvalue weighted by Crippen LogP contribution is 2.28. The average Bonchev–Trinajstić information content (AvgIpc) is 2.91. The van der Waals surface area contributed by atoms with Crippen LogP contribution in [-0.4, -0.2) is 93.4 Å². The monoisotopic (exact) mass is 518 g/mol. The molecular weight excluding hydrogens is 476 g/mol. The summed E-state index contributed by atoms with van der Waals surface area (Å²) in [5.74, 6) is 0.184. The molecule has 2 aliphatic rings. The number of nitrogens with zero attached hydrogens (tertiary/aromatic N) is 2. The van der Waals surface area contributed by atoms with Crippen molar-refractivity contribution in [2.75, 3.05) is 58.9 Å². The molecule has 10 nitrogen and oxygen atoms in total. The predicted molar refractivity (Wildman–Crippen MR) is 141 cm³/mol. The topological polar surface area (TPSA) is 109 Å². The minimum absolute atomic E-state index is 0.00130. The fourth-order valence-electron chi connectivity index (χ4n) is 4.75. The molecule has 0 aliphatic carbocycles. The number of ether oxygens (including phenoxy) is 3. The summed E-state index contributed by atoms with van der Waals surface area (Å²) < 4.78 is 17.4.